The second-order valence-electron chi connectivity index (χ2n) is 3.62. The van der Waals surface area contributed by atoms with Gasteiger partial charge in [0.15, 0.2) is 0 Å². The van der Waals surface area contributed by atoms with Crippen molar-refractivity contribution < 1.29 is 19.1 Å². The molecule has 1 unspecified atom stereocenters. The number of hydrogen-bond donors (Lipinski definition) is 3. The molecule has 3 N–H and O–H groups in total. The summed E-state index contributed by atoms with van der Waals surface area (Å²) >= 11 is 3.17. The van der Waals surface area contributed by atoms with Crippen molar-refractivity contribution in [1.82, 2.24) is 10.6 Å². The molecule has 2 amide bonds. The van der Waals surface area contributed by atoms with E-state index in [1.807, 2.05) is 0 Å². The van der Waals surface area contributed by atoms with Crippen LogP contribution in [-0.4, -0.2) is 23.1 Å². The Balaban J connectivity index is 2.50. The van der Waals surface area contributed by atoms with E-state index in [1.54, 1.807) is 0 Å². The third kappa shape index (κ3) is 4.33. The summed E-state index contributed by atoms with van der Waals surface area (Å²) in [6, 6.07) is 2.53. The summed E-state index contributed by atoms with van der Waals surface area (Å²) in [5.41, 5.74) is 0.689. The second kappa shape index (κ2) is 6.34. The monoisotopic (exact) mass is 318 g/mol. The van der Waals surface area contributed by atoms with Gasteiger partial charge in [0.2, 0.25) is 0 Å². The molecule has 0 aromatic heterocycles. The highest BCUT2D eigenvalue weighted by atomic mass is 79.9. The third-order valence-electron chi connectivity index (χ3n) is 2.17. The summed E-state index contributed by atoms with van der Waals surface area (Å²) in [5.74, 6) is -1.50. The molecule has 0 heterocycles. The van der Waals surface area contributed by atoms with Gasteiger partial charge in [0.1, 0.15) is 11.9 Å². The van der Waals surface area contributed by atoms with Crippen LogP contribution in [0.2, 0.25) is 0 Å². The fraction of sp³-hybridized carbons (Fsp3) is 0.273. The number of rotatable bonds is 4. The van der Waals surface area contributed by atoms with Gasteiger partial charge >= 0.3 is 12.0 Å². The van der Waals surface area contributed by atoms with E-state index in [0.717, 1.165) is 0 Å². The van der Waals surface area contributed by atoms with Crippen LogP contribution in [0.4, 0.5) is 9.18 Å². The molecular weight excluding hydrogens is 307 g/mol. The highest BCUT2D eigenvalue weighted by Crippen LogP contribution is 2.17. The Morgan fingerprint density at radius 2 is 2.17 bits per heavy atom. The average molecular weight is 319 g/mol. The zero-order valence-electron chi connectivity index (χ0n) is 9.54. The van der Waals surface area contributed by atoms with E-state index in [4.69, 9.17) is 5.11 Å². The van der Waals surface area contributed by atoms with Crippen LogP contribution in [0.5, 0.6) is 0 Å². The van der Waals surface area contributed by atoms with Crippen LogP contribution in [0.15, 0.2) is 22.7 Å². The molecule has 0 saturated carbocycles. The lowest BCUT2D eigenvalue weighted by Gasteiger charge is -2.11. The maximum Gasteiger partial charge on any atom is 0.325 e. The van der Waals surface area contributed by atoms with Crippen molar-refractivity contribution in [2.24, 2.45) is 0 Å². The van der Waals surface area contributed by atoms with Gasteiger partial charge in [-0.2, -0.15) is 0 Å². The number of carbonyl (C=O) groups is 2. The van der Waals surface area contributed by atoms with E-state index in [9.17, 15) is 14.0 Å². The van der Waals surface area contributed by atoms with Crippen molar-refractivity contribution in [2.75, 3.05) is 0 Å². The van der Waals surface area contributed by atoms with E-state index in [0.29, 0.717) is 10.0 Å². The summed E-state index contributed by atoms with van der Waals surface area (Å²) in [6.45, 7) is 1.52. The fourth-order valence-electron chi connectivity index (χ4n) is 1.15. The van der Waals surface area contributed by atoms with E-state index in [1.165, 1.54) is 25.1 Å². The predicted octanol–water partition coefficient (Wildman–Crippen LogP) is 1.86. The topological polar surface area (TPSA) is 78.4 Å². The van der Waals surface area contributed by atoms with Crippen LogP contribution in [-0.2, 0) is 11.3 Å². The molecule has 0 aliphatic carbocycles. The van der Waals surface area contributed by atoms with Crippen molar-refractivity contribution in [3.8, 4) is 0 Å². The number of hydrogen-bond acceptors (Lipinski definition) is 2. The molecule has 18 heavy (non-hydrogen) atoms. The summed E-state index contributed by atoms with van der Waals surface area (Å²) in [5, 5.41) is 13.3. The Bertz CT molecular complexity index is 468. The van der Waals surface area contributed by atoms with Crippen LogP contribution in [0.3, 0.4) is 0 Å². The van der Waals surface area contributed by atoms with E-state index in [-0.39, 0.29) is 12.4 Å². The van der Waals surface area contributed by atoms with Gasteiger partial charge in [0.05, 0.1) is 0 Å². The Morgan fingerprint density at radius 3 is 2.72 bits per heavy atom. The molecule has 5 nitrogen and oxygen atoms in total. The van der Waals surface area contributed by atoms with Gasteiger partial charge in [-0.3, -0.25) is 4.79 Å². The molecule has 0 spiro atoms. The molecular formula is C11H12BrFN2O3. The minimum atomic E-state index is -1.12. The molecule has 0 fully saturated rings. The van der Waals surface area contributed by atoms with Crippen molar-refractivity contribution in [1.29, 1.82) is 0 Å². The van der Waals surface area contributed by atoms with E-state index >= 15 is 0 Å². The van der Waals surface area contributed by atoms with Crippen molar-refractivity contribution in [3.63, 3.8) is 0 Å². The Labute approximate surface area is 112 Å². The van der Waals surface area contributed by atoms with Crippen LogP contribution >= 0.6 is 15.9 Å². The molecule has 0 bridgehead atoms. The quantitative estimate of drug-likeness (QED) is 0.793. The summed E-state index contributed by atoms with van der Waals surface area (Å²) in [7, 11) is 0. The normalized spacial score (nSPS) is 11.7. The van der Waals surface area contributed by atoms with Crippen molar-refractivity contribution in [2.45, 2.75) is 19.5 Å². The van der Waals surface area contributed by atoms with Crippen LogP contribution in [0.1, 0.15) is 12.5 Å². The number of halogens is 2. The third-order valence-corrected chi connectivity index (χ3v) is 2.91. The standard InChI is InChI=1S/C11H12BrFN2O3/c1-6(10(16)17)15-11(18)14-5-7-2-3-8(13)4-9(7)12/h2-4,6H,5H2,1H3,(H,16,17)(H2,14,15,18). The Hall–Kier alpha value is -1.63. The maximum atomic E-state index is 12.8. The lowest BCUT2D eigenvalue weighted by atomic mass is 10.2. The molecule has 1 aromatic rings. The number of amides is 2. The van der Waals surface area contributed by atoms with Gasteiger partial charge in [-0.25, -0.2) is 9.18 Å². The highest BCUT2D eigenvalue weighted by Gasteiger charge is 2.13. The summed E-state index contributed by atoms with van der Waals surface area (Å²) < 4.78 is 13.3. The number of carboxylic acid groups (broad SMARTS) is 1. The molecule has 1 aromatic carbocycles. The number of urea groups is 1. The van der Waals surface area contributed by atoms with Crippen LogP contribution in [0.25, 0.3) is 0 Å². The van der Waals surface area contributed by atoms with Crippen LogP contribution in [0, 0.1) is 5.82 Å². The first-order valence-corrected chi connectivity index (χ1v) is 5.90. The van der Waals surface area contributed by atoms with E-state index in [2.05, 4.69) is 26.6 Å². The minimum Gasteiger partial charge on any atom is -0.480 e. The zero-order chi connectivity index (χ0) is 13.7. The van der Waals surface area contributed by atoms with Gasteiger partial charge in [0, 0.05) is 11.0 Å². The Morgan fingerprint density at radius 1 is 1.50 bits per heavy atom. The molecule has 0 saturated heterocycles. The summed E-state index contributed by atoms with van der Waals surface area (Å²) in [6.07, 6.45) is 0. The number of carbonyl (C=O) groups excluding carboxylic acids is 1. The first-order chi connectivity index (χ1) is 8.40. The number of nitrogens with one attached hydrogen (secondary N) is 2. The summed E-state index contributed by atoms with van der Waals surface area (Å²) in [4.78, 5) is 21.8. The number of aliphatic carboxylic acids is 1. The van der Waals surface area contributed by atoms with Gasteiger partial charge in [-0.05, 0) is 24.6 Å². The molecule has 98 valence electrons. The van der Waals surface area contributed by atoms with Crippen LogP contribution < -0.4 is 10.6 Å². The first-order valence-electron chi connectivity index (χ1n) is 5.11. The van der Waals surface area contributed by atoms with E-state index < -0.39 is 18.0 Å². The first kappa shape index (κ1) is 14.4. The Kier molecular flexibility index (Phi) is 5.08. The number of benzene rings is 1. The molecule has 0 aliphatic rings. The predicted molar refractivity (Wildman–Crippen MR) is 66.6 cm³/mol. The van der Waals surface area contributed by atoms with Crippen molar-refractivity contribution >= 4 is 27.9 Å². The largest absolute Gasteiger partial charge is 0.480 e. The molecule has 0 aliphatic heterocycles. The van der Waals surface area contributed by atoms with Gasteiger partial charge in [0.25, 0.3) is 0 Å². The highest BCUT2D eigenvalue weighted by molar-refractivity contribution is 9.10. The van der Waals surface area contributed by atoms with Gasteiger partial charge < -0.3 is 15.7 Å². The van der Waals surface area contributed by atoms with Gasteiger partial charge in [-0.1, -0.05) is 22.0 Å². The SMILES string of the molecule is CC(NC(=O)NCc1ccc(F)cc1Br)C(=O)O. The molecule has 1 atom stereocenters. The average Bonchev–Trinajstić information content (AvgIpc) is 2.27. The molecule has 1 rings (SSSR count). The lowest BCUT2D eigenvalue weighted by molar-refractivity contribution is -0.138. The zero-order valence-corrected chi connectivity index (χ0v) is 11.1. The second-order valence-corrected chi connectivity index (χ2v) is 4.48. The molecule has 0 radical (unpaired) electrons. The maximum absolute atomic E-state index is 12.8. The molecule has 7 heteroatoms. The smallest absolute Gasteiger partial charge is 0.325 e. The lowest BCUT2D eigenvalue weighted by Crippen LogP contribution is -2.44. The fourth-order valence-corrected chi connectivity index (χ4v) is 1.64. The van der Waals surface area contributed by atoms with Gasteiger partial charge in [-0.15, -0.1) is 0 Å². The number of carboxylic acids is 1. The minimum absolute atomic E-state index is 0.166. The van der Waals surface area contributed by atoms with Crippen molar-refractivity contribution in [3.05, 3.63) is 34.1 Å².